The lowest BCUT2D eigenvalue weighted by Gasteiger charge is -2.05. The van der Waals surface area contributed by atoms with Crippen LogP contribution in [-0.2, 0) is 20.7 Å². The number of esters is 1. The molecule has 0 saturated carbocycles. The van der Waals surface area contributed by atoms with Gasteiger partial charge in [-0.05, 0) is 17.7 Å². The summed E-state index contributed by atoms with van der Waals surface area (Å²) in [5, 5.41) is 2.63. The van der Waals surface area contributed by atoms with Crippen LogP contribution in [0.15, 0.2) is 36.0 Å². The summed E-state index contributed by atoms with van der Waals surface area (Å²) in [7, 11) is 1.59. The van der Waals surface area contributed by atoms with Gasteiger partial charge in [0, 0.05) is 6.08 Å². The molecule has 5 nitrogen and oxygen atoms in total. The summed E-state index contributed by atoms with van der Waals surface area (Å²) in [6.07, 6.45) is 1.53. The highest BCUT2D eigenvalue weighted by atomic mass is 16.5. The van der Waals surface area contributed by atoms with Crippen LogP contribution in [0.1, 0.15) is 5.56 Å². The number of cyclic esters (lactones) is 1. The summed E-state index contributed by atoms with van der Waals surface area (Å²) in [6, 6.07) is 7.24. The van der Waals surface area contributed by atoms with Crippen LogP contribution in [-0.4, -0.2) is 25.6 Å². The minimum absolute atomic E-state index is 0.132. The van der Waals surface area contributed by atoms with Crippen molar-refractivity contribution in [3.05, 3.63) is 41.6 Å². The molecule has 18 heavy (non-hydrogen) atoms. The smallest absolute Gasteiger partial charge is 0.333 e. The zero-order chi connectivity index (χ0) is 13.0. The van der Waals surface area contributed by atoms with Gasteiger partial charge in [-0.3, -0.25) is 4.79 Å². The second-order valence-electron chi connectivity index (χ2n) is 3.85. The number of hydrogen-bond acceptors (Lipinski definition) is 4. The van der Waals surface area contributed by atoms with Gasteiger partial charge in [-0.2, -0.15) is 0 Å². The zero-order valence-corrected chi connectivity index (χ0v) is 9.93. The number of carbonyl (C=O) groups excluding carboxylic acids is 2. The Morgan fingerprint density at radius 1 is 1.39 bits per heavy atom. The van der Waals surface area contributed by atoms with Crippen molar-refractivity contribution >= 4 is 11.9 Å². The van der Waals surface area contributed by atoms with Crippen LogP contribution >= 0.6 is 0 Å². The molecule has 0 aliphatic carbocycles. The highest BCUT2D eigenvalue weighted by molar-refractivity contribution is 5.88. The number of rotatable bonds is 4. The zero-order valence-electron chi connectivity index (χ0n) is 9.93. The van der Waals surface area contributed by atoms with E-state index in [-0.39, 0.29) is 18.9 Å². The Morgan fingerprint density at radius 2 is 2.11 bits per heavy atom. The molecule has 94 valence electrons. The number of amides is 1. The first-order valence-electron chi connectivity index (χ1n) is 5.47. The van der Waals surface area contributed by atoms with Crippen LogP contribution in [0.3, 0.4) is 0 Å². The van der Waals surface area contributed by atoms with Crippen LogP contribution < -0.4 is 10.1 Å². The van der Waals surface area contributed by atoms with E-state index in [1.807, 2.05) is 12.1 Å². The number of nitrogens with one attached hydrogen (secondary N) is 1. The third kappa shape index (κ3) is 3.10. The summed E-state index contributed by atoms with van der Waals surface area (Å²) in [6.45, 7) is 0.132. The molecule has 0 radical (unpaired) electrons. The lowest BCUT2D eigenvalue weighted by molar-refractivity contribution is -0.135. The second-order valence-corrected chi connectivity index (χ2v) is 3.85. The summed E-state index contributed by atoms with van der Waals surface area (Å²) in [5.41, 5.74) is 1.37. The van der Waals surface area contributed by atoms with Crippen LogP contribution in [0.4, 0.5) is 0 Å². The van der Waals surface area contributed by atoms with Crippen molar-refractivity contribution in [1.82, 2.24) is 5.32 Å². The fourth-order valence-corrected chi connectivity index (χ4v) is 1.60. The maximum Gasteiger partial charge on any atom is 0.333 e. The summed E-state index contributed by atoms with van der Waals surface area (Å²) >= 11 is 0. The molecule has 0 saturated heterocycles. The van der Waals surface area contributed by atoms with Gasteiger partial charge in [-0.25, -0.2) is 4.79 Å². The van der Waals surface area contributed by atoms with Gasteiger partial charge in [-0.15, -0.1) is 0 Å². The maximum atomic E-state index is 11.7. The first kappa shape index (κ1) is 12.2. The van der Waals surface area contributed by atoms with E-state index >= 15 is 0 Å². The Hall–Kier alpha value is -2.30. The molecular weight excluding hydrogens is 234 g/mol. The Bertz CT molecular complexity index is 490. The number of hydrogen-bond donors (Lipinski definition) is 1. The van der Waals surface area contributed by atoms with E-state index in [4.69, 9.17) is 4.74 Å². The first-order valence-corrected chi connectivity index (χ1v) is 5.47. The van der Waals surface area contributed by atoms with Crippen molar-refractivity contribution < 1.29 is 19.1 Å². The SMILES string of the molecule is COc1ccc(CC(=O)NC2=CC(=O)OC2)cc1. The molecule has 0 bridgehead atoms. The Morgan fingerprint density at radius 3 is 2.67 bits per heavy atom. The first-order chi connectivity index (χ1) is 8.67. The van der Waals surface area contributed by atoms with Gasteiger partial charge in [0.1, 0.15) is 12.4 Å². The molecule has 5 heteroatoms. The number of carbonyl (C=O) groups is 2. The molecule has 2 rings (SSSR count). The molecular formula is C13H13NO4. The topological polar surface area (TPSA) is 64.6 Å². The highest BCUT2D eigenvalue weighted by Gasteiger charge is 2.15. The fraction of sp³-hybridized carbons (Fsp3) is 0.231. The van der Waals surface area contributed by atoms with Gasteiger partial charge in [0.2, 0.25) is 5.91 Å². The van der Waals surface area contributed by atoms with Gasteiger partial charge < -0.3 is 14.8 Å². The minimum atomic E-state index is -0.422. The highest BCUT2D eigenvalue weighted by Crippen LogP contribution is 2.12. The van der Waals surface area contributed by atoms with E-state index in [1.54, 1.807) is 19.2 Å². The molecule has 0 aromatic heterocycles. The van der Waals surface area contributed by atoms with Crippen molar-refractivity contribution in [3.63, 3.8) is 0 Å². The lowest BCUT2D eigenvalue weighted by Crippen LogP contribution is -2.25. The van der Waals surface area contributed by atoms with Gasteiger partial charge >= 0.3 is 5.97 Å². The predicted octanol–water partition coefficient (Wildman–Crippen LogP) is 0.795. The van der Waals surface area contributed by atoms with Crippen molar-refractivity contribution in [2.75, 3.05) is 13.7 Å². The second kappa shape index (κ2) is 5.35. The quantitative estimate of drug-likeness (QED) is 0.799. The van der Waals surface area contributed by atoms with Crippen molar-refractivity contribution in [1.29, 1.82) is 0 Å². The number of benzene rings is 1. The molecule has 1 aliphatic rings. The van der Waals surface area contributed by atoms with Gasteiger partial charge in [0.05, 0.1) is 19.2 Å². The maximum absolute atomic E-state index is 11.7. The molecule has 1 aromatic carbocycles. The Labute approximate surface area is 104 Å². The van der Waals surface area contributed by atoms with Crippen molar-refractivity contribution in [2.24, 2.45) is 0 Å². The largest absolute Gasteiger partial charge is 0.497 e. The van der Waals surface area contributed by atoms with Gasteiger partial charge in [0.25, 0.3) is 0 Å². The summed E-state index contributed by atoms with van der Waals surface area (Å²) in [4.78, 5) is 22.5. The Kier molecular flexibility index (Phi) is 3.62. The van der Waals surface area contributed by atoms with Crippen molar-refractivity contribution in [2.45, 2.75) is 6.42 Å². The molecule has 1 amide bonds. The average Bonchev–Trinajstić information content (AvgIpc) is 2.75. The van der Waals surface area contributed by atoms with Gasteiger partial charge in [-0.1, -0.05) is 12.1 Å². The third-order valence-electron chi connectivity index (χ3n) is 2.49. The van der Waals surface area contributed by atoms with Crippen LogP contribution in [0.25, 0.3) is 0 Å². The molecule has 1 aliphatic heterocycles. The van der Waals surface area contributed by atoms with E-state index in [0.29, 0.717) is 5.70 Å². The number of ether oxygens (including phenoxy) is 2. The number of methoxy groups -OCH3 is 1. The standard InChI is InChI=1S/C13H13NO4/c1-17-11-4-2-9(3-5-11)6-12(15)14-10-7-13(16)18-8-10/h2-5,7H,6,8H2,1H3,(H,14,15). The molecule has 0 atom stereocenters. The van der Waals surface area contributed by atoms with Gasteiger partial charge in [0.15, 0.2) is 0 Å². The normalized spacial score (nSPS) is 13.8. The third-order valence-corrected chi connectivity index (χ3v) is 2.49. The van der Waals surface area contributed by atoms with E-state index in [1.165, 1.54) is 6.08 Å². The molecule has 1 N–H and O–H groups in total. The monoisotopic (exact) mass is 247 g/mol. The average molecular weight is 247 g/mol. The van der Waals surface area contributed by atoms with E-state index in [9.17, 15) is 9.59 Å². The van der Waals surface area contributed by atoms with Crippen LogP contribution in [0.2, 0.25) is 0 Å². The molecule has 0 spiro atoms. The predicted molar refractivity (Wildman–Crippen MR) is 63.9 cm³/mol. The Balaban J connectivity index is 1.90. The van der Waals surface area contributed by atoms with E-state index < -0.39 is 5.97 Å². The van der Waals surface area contributed by atoms with Crippen molar-refractivity contribution in [3.8, 4) is 5.75 Å². The van der Waals surface area contributed by atoms with Crippen LogP contribution in [0, 0.1) is 0 Å². The summed E-state index contributed by atoms with van der Waals surface area (Å²) < 4.78 is 9.71. The molecule has 0 unspecified atom stereocenters. The minimum Gasteiger partial charge on any atom is -0.497 e. The van der Waals surface area contributed by atoms with E-state index in [2.05, 4.69) is 10.1 Å². The van der Waals surface area contributed by atoms with Crippen LogP contribution in [0.5, 0.6) is 5.75 Å². The summed E-state index contributed by atoms with van der Waals surface area (Å²) in [5.74, 6) is 0.149. The molecule has 1 heterocycles. The molecule has 0 fully saturated rings. The van der Waals surface area contributed by atoms with E-state index in [0.717, 1.165) is 11.3 Å². The lowest BCUT2D eigenvalue weighted by atomic mass is 10.1. The molecule has 1 aromatic rings. The fourth-order valence-electron chi connectivity index (χ4n) is 1.60.